The second-order valence-electron chi connectivity index (χ2n) is 5.67. The monoisotopic (exact) mass is 366 g/mol. The molecule has 0 aliphatic heterocycles. The van der Waals surface area contributed by atoms with E-state index in [2.05, 4.69) is 20.6 Å². The van der Waals surface area contributed by atoms with E-state index >= 15 is 0 Å². The van der Waals surface area contributed by atoms with Crippen molar-refractivity contribution in [2.45, 2.75) is 13.3 Å². The average molecular weight is 366 g/mol. The van der Waals surface area contributed by atoms with Gasteiger partial charge in [-0.05, 0) is 42.7 Å². The number of hydrogen-bond acceptors (Lipinski definition) is 5. The summed E-state index contributed by atoms with van der Waals surface area (Å²) in [7, 11) is 0. The Morgan fingerprint density at radius 1 is 1.08 bits per heavy atom. The van der Waals surface area contributed by atoms with Crippen LogP contribution in [-0.2, 0) is 6.42 Å². The van der Waals surface area contributed by atoms with Crippen molar-refractivity contribution in [1.82, 2.24) is 15.3 Å². The summed E-state index contributed by atoms with van der Waals surface area (Å²) in [5.41, 5.74) is 2.87. The third-order valence-electron chi connectivity index (χ3n) is 3.80. The Bertz CT molecular complexity index is 909. The maximum absolute atomic E-state index is 12.3. The zero-order chi connectivity index (χ0) is 18.4. The highest BCUT2D eigenvalue weighted by atomic mass is 32.1. The van der Waals surface area contributed by atoms with Gasteiger partial charge in [0.25, 0.3) is 11.8 Å². The minimum atomic E-state index is -0.258. The van der Waals surface area contributed by atoms with Crippen LogP contribution in [0.1, 0.15) is 32.0 Å². The number of anilines is 1. The molecule has 2 N–H and O–H groups in total. The molecule has 0 unspecified atom stereocenters. The van der Waals surface area contributed by atoms with E-state index in [4.69, 9.17) is 0 Å². The normalized spacial score (nSPS) is 10.3. The number of aromatic nitrogens is 2. The van der Waals surface area contributed by atoms with Crippen LogP contribution in [0.5, 0.6) is 0 Å². The predicted octanol–water partition coefficient (Wildman–Crippen LogP) is 3.07. The zero-order valence-electron chi connectivity index (χ0n) is 14.2. The number of carbonyl (C=O) groups is 2. The molecule has 6 nitrogen and oxygen atoms in total. The van der Waals surface area contributed by atoms with Crippen molar-refractivity contribution in [3.63, 3.8) is 0 Å². The fourth-order valence-corrected chi connectivity index (χ4v) is 3.07. The summed E-state index contributed by atoms with van der Waals surface area (Å²) in [4.78, 5) is 32.6. The molecule has 0 bridgehead atoms. The number of amides is 2. The van der Waals surface area contributed by atoms with Crippen LogP contribution in [0.25, 0.3) is 0 Å². The molecule has 132 valence electrons. The second-order valence-corrected chi connectivity index (χ2v) is 6.53. The Morgan fingerprint density at radius 3 is 2.62 bits per heavy atom. The zero-order valence-corrected chi connectivity index (χ0v) is 15.0. The smallest absolute Gasteiger partial charge is 0.270 e. The summed E-state index contributed by atoms with van der Waals surface area (Å²) in [6.07, 6.45) is 4.16. The molecule has 0 saturated heterocycles. The molecule has 0 atom stereocenters. The van der Waals surface area contributed by atoms with E-state index in [1.807, 2.05) is 37.3 Å². The molecule has 7 heteroatoms. The Hall–Kier alpha value is -3.06. The van der Waals surface area contributed by atoms with Gasteiger partial charge >= 0.3 is 0 Å². The number of thiazole rings is 1. The van der Waals surface area contributed by atoms with Gasteiger partial charge < -0.3 is 5.32 Å². The molecule has 3 aromatic rings. The van der Waals surface area contributed by atoms with E-state index in [0.717, 1.165) is 17.5 Å². The Kier molecular flexibility index (Phi) is 5.70. The van der Waals surface area contributed by atoms with Gasteiger partial charge in [0.2, 0.25) is 0 Å². The first-order valence-corrected chi connectivity index (χ1v) is 9.01. The van der Waals surface area contributed by atoms with Gasteiger partial charge in [-0.2, -0.15) is 0 Å². The van der Waals surface area contributed by atoms with Crippen LogP contribution in [0.3, 0.4) is 0 Å². The number of rotatable bonds is 6. The van der Waals surface area contributed by atoms with Gasteiger partial charge in [0.15, 0.2) is 5.13 Å². The molecule has 26 heavy (non-hydrogen) atoms. The summed E-state index contributed by atoms with van der Waals surface area (Å²) < 4.78 is 0. The van der Waals surface area contributed by atoms with E-state index in [1.165, 1.54) is 11.3 Å². The standard InChI is InChI=1S/C19H18N4O2S/c1-13-4-2-3-5-15(13)17(24)23-19-22-16(12-26-19)18(25)21-11-8-14-6-9-20-10-7-14/h2-7,9-10,12H,8,11H2,1H3,(H,21,25)(H,22,23,24). The van der Waals surface area contributed by atoms with Crippen molar-refractivity contribution in [2.75, 3.05) is 11.9 Å². The van der Waals surface area contributed by atoms with Gasteiger partial charge in [-0.15, -0.1) is 11.3 Å². The van der Waals surface area contributed by atoms with Crippen molar-refractivity contribution in [3.05, 3.63) is 76.6 Å². The van der Waals surface area contributed by atoms with Gasteiger partial charge in [0.1, 0.15) is 5.69 Å². The SMILES string of the molecule is Cc1ccccc1C(=O)Nc1nc(C(=O)NCCc2ccncc2)cs1. The Morgan fingerprint density at radius 2 is 1.85 bits per heavy atom. The predicted molar refractivity (Wildman–Crippen MR) is 102 cm³/mol. The molecular formula is C19H18N4O2S. The van der Waals surface area contributed by atoms with Crippen LogP contribution < -0.4 is 10.6 Å². The van der Waals surface area contributed by atoms with E-state index in [9.17, 15) is 9.59 Å². The van der Waals surface area contributed by atoms with E-state index in [1.54, 1.807) is 23.8 Å². The number of benzene rings is 1. The lowest BCUT2D eigenvalue weighted by Gasteiger charge is -2.05. The third kappa shape index (κ3) is 4.52. The van der Waals surface area contributed by atoms with Crippen molar-refractivity contribution in [1.29, 1.82) is 0 Å². The van der Waals surface area contributed by atoms with E-state index in [0.29, 0.717) is 22.9 Å². The average Bonchev–Trinajstić information content (AvgIpc) is 3.11. The summed E-state index contributed by atoms with van der Waals surface area (Å²) in [5, 5.41) is 7.60. The molecule has 0 fully saturated rings. The summed E-state index contributed by atoms with van der Waals surface area (Å²) in [5.74, 6) is -0.492. The number of nitrogens with one attached hydrogen (secondary N) is 2. The summed E-state index contributed by atoms with van der Waals surface area (Å²) in [6, 6.07) is 11.1. The minimum Gasteiger partial charge on any atom is -0.350 e. The van der Waals surface area contributed by atoms with E-state index < -0.39 is 0 Å². The molecule has 0 saturated carbocycles. The number of nitrogens with zero attached hydrogens (tertiary/aromatic N) is 2. The van der Waals surface area contributed by atoms with Crippen LogP contribution in [0, 0.1) is 6.92 Å². The molecule has 0 aliphatic carbocycles. The summed E-state index contributed by atoms with van der Waals surface area (Å²) in [6.45, 7) is 2.38. The highest BCUT2D eigenvalue weighted by molar-refractivity contribution is 7.14. The molecule has 2 aromatic heterocycles. The molecule has 2 heterocycles. The molecular weight excluding hydrogens is 348 g/mol. The van der Waals surface area contributed by atoms with Crippen LogP contribution in [0.4, 0.5) is 5.13 Å². The number of carbonyl (C=O) groups excluding carboxylic acids is 2. The van der Waals surface area contributed by atoms with Crippen LogP contribution in [0.15, 0.2) is 54.2 Å². The maximum Gasteiger partial charge on any atom is 0.270 e. The van der Waals surface area contributed by atoms with Crippen molar-refractivity contribution in [2.24, 2.45) is 0 Å². The third-order valence-corrected chi connectivity index (χ3v) is 4.55. The molecule has 3 rings (SSSR count). The van der Waals surface area contributed by atoms with Gasteiger partial charge in [-0.3, -0.25) is 19.9 Å². The minimum absolute atomic E-state index is 0.234. The highest BCUT2D eigenvalue weighted by Gasteiger charge is 2.14. The lowest BCUT2D eigenvalue weighted by atomic mass is 10.1. The molecule has 2 amide bonds. The lowest BCUT2D eigenvalue weighted by molar-refractivity contribution is 0.0948. The first kappa shape index (κ1) is 17.8. The highest BCUT2D eigenvalue weighted by Crippen LogP contribution is 2.17. The second kappa shape index (κ2) is 8.35. The van der Waals surface area contributed by atoms with Crippen LogP contribution in [0.2, 0.25) is 0 Å². The van der Waals surface area contributed by atoms with Gasteiger partial charge in [0, 0.05) is 29.9 Å². The first-order chi connectivity index (χ1) is 12.6. The molecule has 1 aromatic carbocycles. The van der Waals surface area contributed by atoms with Gasteiger partial charge in [-0.25, -0.2) is 4.98 Å². The maximum atomic E-state index is 12.3. The topological polar surface area (TPSA) is 84.0 Å². The van der Waals surface area contributed by atoms with Crippen LogP contribution in [-0.4, -0.2) is 28.3 Å². The fraction of sp³-hybridized carbons (Fsp3) is 0.158. The Balaban J connectivity index is 1.54. The molecule has 0 aliphatic rings. The lowest BCUT2D eigenvalue weighted by Crippen LogP contribution is -2.26. The van der Waals surface area contributed by atoms with Crippen molar-refractivity contribution in [3.8, 4) is 0 Å². The fourth-order valence-electron chi connectivity index (χ4n) is 2.39. The van der Waals surface area contributed by atoms with Crippen molar-refractivity contribution < 1.29 is 9.59 Å². The number of hydrogen-bond donors (Lipinski definition) is 2. The number of pyridine rings is 1. The first-order valence-electron chi connectivity index (χ1n) is 8.13. The van der Waals surface area contributed by atoms with Gasteiger partial charge in [-0.1, -0.05) is 18.2 Å². The largest absolute Gasteiger partial charge is 0.350 e. The number of aryl methyl sites for hydroxylation is 1. The molecule has 0 spiro atoms. The summed E-state index contributed by atoms with van der Waals surface area (Å²) >= 11 is 1.22. The Labute approximate surface area is 155 Å². The van der Waals surface area contributed by atoms with E-state index in [-0.39, 0.29) is 11.8 Å². The molecule has 0 radical (unpaired) electrons. The van der Waals surface area contributed by atoms with Crippen molar-refractivity contribution >= 4 is 28.3 Å². The quantitative estimate of drug-likeness (QED) is 0.702. The van der Waals surface area contributed by atoms with Crippen LogP contribution >= 0.6 is 11.3 Å². The van der Waals surface area contributed by atoms with Gasteiger partial charge in [0.05, 0.1) is 0 Å².